The van der Waals surface area contributed by atoms with Crippen molar-refractivity contribution in [2.75, 3.05) is 12.9 Å². The SMILES string of the molecule is C=CCn1c(SCC(=O)c2[nH]c(C)c(C(=O)OC)c2C)nc2sc(C)c(C)c2c1=O. The molecule has 0 aliphatic heterocycles. The Labute approximate surface area is 182 Å². The molecule has 3 aromatic rings. The highest BCUT2D eigenvalue weighted by Gasteiger charge is 2.23. The Morgan fingerprint density at radius 3 is 2.60 bits per heavy atom. The van der Waals surface area contributed by atoms with E-state index in [1.54, 1.807) is 24.5 Å². The first-order valence-corrected chi connectivity index (χ1v) is 11.1. The number of methoxy groups -OCH3 is 1. The van der Waals surface area contributed by atoms with E-state index in [-0.39, 0.29) is 17.1 Å². The van der Waals surface area contributed by atoms with Crippen LogP contribution >= 0.6 is 23.1 Å². The lowest BCUT2D eigenvalue weighted by molar-refractivity contribution is 0.0599. The molecule has 1 N–H and O–H groups in total. The normalized spacial score (nSPS) is 11.1. The summed E-state index contributed by atoms with van der Waals surface area (Å²) < 4.78 is 6.34. The molecule has 9 heteroatoms. The van der Waals surface area contributed by atoms with Crippen LogP contribution in [0.1, 0.15) is 42.5 Å². The molecular formula is C21H23N3O4S2. The summed E-state index contributed by atoms with van der Waals surface area (Å²) in [7, 11) is 1.31. The molecule has 0 saturated carbocycles. The summed E-state index contributed by atoms with van der Waals surface area (Å²) in [6.45, 7) is 11.3. The molecule has 0 saturated heterocycles. The summed E-state index contributed by atoms with van der Waals surface area (Å²) in [5.41, 5.74) is 2.68. The lowest BCUT2D eigenvalue weighted by Crippen LogP contribution is -2.23. The van der Waals surface area contributed by atoms with Crippen molar-refractivity contribution in [2.45, 2.75) is 39.4 Å². The van der Waals surface area contributed by atoms with Crippen molar-refractivity contribution in [3.8, 4) is 0 Å². The van der Waals surface area contributed by atoms with E-state index in [9.17, 15) is 14.4 Å². The average molecular weight is 446 g/mol. The minimum Gasteiger partial charge on any atom is -0.465 e. The van der Waals surface area contributed by atoms with Gasteiger partial charge in [-0.3, -0.25) is 14.2 Å². The number of hydrogen-bond acceptors (Lipinski definition) is 7. The van der Waals surface area contributed by atoms with E-state index in [1.807, 2.05) is 13.8 Å². The van der Waals surface area contributed by atoms with Crippen LogP contribution in [0, 0.1) is 27.7 Å². The van der Waals surface area contributed by atoms with Gasteiger partial charge in [-0.1, -0.05) is 17.8 Å². The van der Waals surface area contributed by atoms with Crippen molar-refractivity contribution >= 4 is 45.1 Å². The number of aryl methyl sites for hydroxylation is 3. The molecule has 3 heterocycles. The summed E-state index contributed by atoms with van der Waals surface area (Å²) in [6, 6.07) is 0. The van der Waals surface area contributed by atoms with Gasteiger partial charge in [0.1, 0.15) is 4.83 Å². The van der Waals surface area contributed by atoms with Crippen LogP contribution in [-0.4, -0.2) is 39.2 Å². The van der Waals surface area contributed by atoms with E-state index >= 15 is 0 Å². The Bertz CT molecular complexity index is 1230. The first kappa shape index (κ1) is 22.0. The number of carbonyl (C=O) groups is 2. The average Bonchev–Trinajstić information content (AvgIpc) is 3.17. The molecule has 3 rings (SSSR count). The van der Waals surface area contributed by atoms with Crippen molar-refractivity contribution in [3.05, 3.63) is 56.0 Å². The highest BCUT2D eigenvalue weighted by Crippen LogP contribution is 2.29. The molecule has 0 unspecified atom stereocenters. The molecule has 0 atom stereocenters. The van der Waals surface area contributed by atoms with Gasteiger partial charge in [0.15, 0.2) is 10.9 Å². The zero-order chi connectivity index (χ0) is 22.2. The predicted molar refractivity (Wildman–Crippen MR) is 120 cm³/mol. The fourth-order valence-electron chi connectivity index (χ4n) is 3.35. The third kappa shape index (κ3) is 3.75. The van der Waals surface area contributed by atoms with Crippen LogP contribution in [-0.2, 0) is 11.3 Å². The van der Waals surface area contributed by atoms with Crippen molar-refractivity contribution in [2.24, 2.45) is 0 Å². The van der Waals surface area contributed by atoms with Gasteiger partial charge >= 0.3 is 5.97 Å². The van der Waals surface area contributed by atoms with E-state index in [2.05, 4.69) is 16.5 Å². The number of nitrogens with one attached hydrogen (secondary N) is 1. The number of rotatable bonds is 7. The van der Waals surface area contributed by atoms with Crippen LogP contribution in [0.3, 0.4) is 0 Å². The highest BCUT2D eigenvalue weighted by molar-refractivity contribution is 7.99. The van der Waals surface area contributed by atoms with E-state index < -0.39 is 5.97 Å². The monoisotopic (exact) mass is 445 g/mol. The number of fused-ring (bicyclic) bond motifs is 1. The number of thiophene rings is 1. The number of aromatic nitrogens is 3. The number of hydrogen-bond donors (Lipinski definition) is 1. The van der Waals surface area contributed by atoms with E-state index in [0.717, 1.165) is 10.4 Å². The molecule has 0 spiro atoms. The summed E-state index contributed by atoms with van der Waals surface area (Å²) in [5.74, 6) is -0.600. The van der Waals surface area contributed by atoms with Crippen molar-refractivity contribution in [1.29, 1.82) is 0 Å². The molecule has 7 nitrogen and oxygen atoms in total. The predicted octanol–water partition coefficient (Wildman–Crippen LogP) is 3.97. The van der Waals surface area contributed by atoms with Crippen LogP contribution < -0.4 is 5.56 Å². The molecule has 0 fully saturated rings. The van der Waals surface area contributed by atoms with E-state index in [4.69, 9.17) is 4.74 Å². The number of H-pyrrole nitrogens is 1. The molecule has 0 aliphatic carbocycles. The van der Waals surface area contributed by atoms with Crippen molar-refractivity contribution < 1.29 is 14.3 Å². The fraction of sp³-hybridized carbons (Fsp3) is 0.333. The lowest BCUT2D eigenvalue weighted by atomic mass is 10.1. The van der Waals surface area contributed by atoms with Crippen molar-refractivity contribution in [3.63, 3.8) is 0 Å². The zero-order valence-electron chi connectivity index (χ0n) is 17.5. The molecule has 0 amide bonds. The topological polar surface area (TPSA) is 94.1 Å². The van der Waals surface area contributed by atoms with Gasteiger partial charge < -0.3 is 9.72 Å². The van der Waals surface area contributed by atoms with Gasteiger partial charge in [0.05, 0.1) is 29.5 Å². The maximum atomic E-state index is 13.0. The zero-order valence-corrected chi connectivity index (χ0v) is 19.2. The first-order chi connectivity index (χ1) is 14.2. The van der Waals surface area contributed by atoms with E-state index in [0.29, 0.717) is 44.4 Å². The number of aromatic amines is 1. The number of Topliss-reactive ketones (excluding diaryl/α,β-unsaturated/α-hetero) is 1. The van der Waals surface area contributed by atoms with Gasteiger partial charge in [0, 0.05) is 17.1 Å². The van der Waals surface area contributed by atoms with Crippen LogP contribution in [0.4, 0.5) is 0 Å². The minimum atomic E-state index is -0.483. The molecule has 3 aromatic heterocycles. The second kappa shape index (κ2) is 8.61. The number of esters is 1. The molecule has 158 valence electrons. The molecule has 30 heavy (non-hydrogen) atoms. The van der Waals surface area contributed by atoms with Crippen molar-refractivity contribution in [1.82, 2.24) is 14.5 Å². The molecule has 0 aromatic carbocycles. The summed E-state index contributed by atoms with van der Waals surface area (Å²) in [6.07, 6.45) is 1.64. The number of ether oxygens (including phenoxy) is 1. The van der Waals surface area contributed by atoms with Crippen LogP contribution in [0.5, 0.6) is 0 Å². The van der Waals surface area contributed by atoms with Gasteiger partial charge in [-0.05, 0) is 38.8 Å². The summed E-state index contributed by atoms with van der Waals surface area (Å²) in [4.78, 5) is 47.2. The Morgan fingerprint density at radius 1 is 1.27 bits per heavy atom. The third-order valence-corrected chi connectivity index (χ3v) is 7.08. The maximum Gasteiger partial charge on any atom is 0.339 e. The number of carbonyl (C=O) groups excluding carboxylic acids is 2. The largest absolute Gasteiger partial charge is 0.465 e. The van der Waals surface area contributed by atoms with Gasteiger partial charge in [-0.2, -0.15) is 0 Å². The maximum absolute atomic E-state index is 13.0. The fourth-order valence-corrected chi connectivity index (χ4v) is 5.30. The second-order valence-electron chi connectivity index (χ2n) is 6.89. The lowest BCUT2D eigenvalue weighted by Gasteiger charge is -2.10. The number of ketones is 1. The smallest absolute Gasteiger partial charge is 0.339 e. The molecular weight excluding hydrogens is 422 g/mol. The Balaban J connectivity index is 1.95. The number of thioether (sulfide) groups is 1. The van der Waals surface area contributed by atoms with Gasteiger partial charge in [0.2, 0.25) is 0 Å². The molecule has 0 bridgehead atoms. The molecule has 0 radical (unpaired) electrons. The minimum absolute atomic E-state index is 0.0693. The van der Waals surface area contributed by atoms with Gasteiger partial charge in [0.25, 0.3) is 5.56 Å². The quantitative estimate of drug-likeness (QED) is 0.194. The van der Waals surface area contributed by atoms with Crippen LogP contribution in [0.15, 0.2) is 22.6 Å². The Hall–Kier alpha value is -2.65. The number of nitrogens with zero attached hydrogens (tertiary/aromatic N) is 2. The van der Waals surface area contributed by atoms with Gasteiger partial charge in [-0.15, -0.1) is 17.9 Å². The van der Waals surface area contributed by atoms with Crippen LogP contribution in [0.2, 0.25) is 0 Å². The summed E-state index contributed by atoms with van der Waals surface area (Å²) >= 11 is 2.67. The Kier molecular flexibility index (Phi) is 6.33. The standard InChI is InChI=1S/C21H23N3O4S2/c1-7-8-24-19(26)16-10(2)13(5)30-18(16)23-21(24)29-9-14(25)17-11(3)15(12(4)22-17)20(27)28-6/h7,22H,1,8-9H2,2-6H3. The van der Waals surface area contributed by atoms with Crippen LogP contribution in [0.25, 0.3) is 10.2 Å². The number of allylic oxidation sites excluding steroid dienone is 1. The first-order valence-electron chi connectivity index (χ1n) is 9.26. The molecule has 0 aliphatic rings. The summed E-state index contributed by atoms with van der Waals surface area (Å²) in [5, 5.41) is 1.09. The Morgan fingerprint density at radius 2 is 1.97 bits per heavy atom. The van der Waals surface area contributed by atoms with Gasteiger partial charge in [-0.25, -0.2) is 9.78 Å². The second-order valence-corrected chi connectivity index (χ2v) is 9.04. The highest BCUT2D eigenvalue weighted by atomic mass is 32.2. The van der Waals surface area contributed by atoms with E-state index in [1.165, 1.54) is 30.2 Å². The third-order valence-electron chi connectivity index (χ3n) is 5.00.